The quantitative estimate of drug-likeness (QED) is 0.505. The van der Waals surface area contributed by atoms with Gasteiger partial charge in [0.1, 0.15) is 0 Å². The van der Waals surface area contributed by atoms with Gasteiger partial charge in [-0.15, -0.1) is 0 Å². The molecule has 1 aliphatic heterocycles. The molecule has 1 nitrogen and oxygen atoms in total. The van der Waals surface area contributed by atoms with E-state index in [-0.39, 0.29) is 6.54 Å². The van der Waals surface area contributed by atoms with Gasteiger partial charge in [0.2, 0.25) is 0 Å². The summed E-state index contributed by atoms with van der Waals surface area (Å²) in [5, 5.41) is 0. The first-order valence-electron chi connectivity index (χ1n) is 3.59. The van der Waals surface area contributed by atoms with Crippen molar-refractivity contribution in [1.82, 2.24) is 4.90 Å². The van der Waals surface area contributed by atoms with Crippen molar-refractivity contribution in [2.24, 2.45) is 5.92 Å². The molecular weight excluding hydrogens is 136 g/mol. The van der Waals surface area contributed by atoms with Gasteiger partial charge in [0.25, 0.3) is 5.92 Å². The van der Waals surface area contributed by atoms with Crippen LogP contribution in [0, 0.1) is 5.92 Å². The Hall–Kier alpha value is -0.180. The van der Waals surface area contributed by atoms with E-state index in [1.807, 2.05) is 0 Å². The van der Waals surface area contributed by atoms with Crippen molar-refractivity contribution in [3.63, 3.8) is 0 Å². The first kappa shape index (κ1) is 7.92. The van der Waals surface area contributed by atoms with Gasteiger partial charge < -0.3 is 4.90 Å². The predicted octanol–water partition coefficient (Wildman–Crippen LogP) is 1.59. The second-order valence-corrected chi connectivity index (χ2v) is 3.19. The Labute approximate surface area is 60.0 Å². The Balaban J connectivity index is 2.55. The predicted molar refractivity (Wildman–Crippen MR) is 36.2 cm³/mol. The normalized spacial score (nSPS) is 34.2. The number of nitrogens with zero attached hydrogens (tertiary/aromatic N) is 1. The Morgan fingerprint density at radius 2 is 2.10 bits per heavy atom. The highest BCUT2D eigenvalue weighted by Gasteiger charge is 2.40. The summed E-state index contributed by atoms with van der Waals surface area (Å²) in [6.45, 7) is 2.35. The first-order valence-corrected chi connectivity index (χ1v) is 3.59. The number of piperidine rings is 1. The molecule has 3 heteroatoms. The first-order chi connectivity index (χ1) is 4.52. The summed E-state index contributed by atoms with van der Waals surface area (Å²) < 4.78 is 25.6. The molecule has 0 amide bonds. The minimum atomic E-state index is -2.47. The molecular formula is C7H13F2N. The molecule has 60 valence electrons. The molecule has 0 spiro atoms. The summed E-state index contributed by atoms with van der Waals surface area (Å²) in [5.74, 6) is -2.91. The molecule has 0 saturated carbocycles. The number of alkyl halides is 2. The monoisotopic (exact) mass is 149 g/mol. The zero-order valence-electron chi connectivity index (χ0n) is 6.40. The van der Waals surface area contributed by atoms with E-state index in [2.05, 4.69) is 0 Å². The highest BCUT2D eigenvalue weighted by Crippen LogP contribution is 2.31. The largest absolute Gasteiger partial charge is 0.301 e. The molecule has 1 heterocycles. The lowest BCUT2D eigenvalue weighted by Gasteiger charge is -2.34. The van der Waals surface area contributed by atoms with Crippen LogP contribution < -0.4 is 0 Å². The van der Waals surface area contributed by atoms with E-state index >= 15 is 0 Å². The second kappa shape index (κ2) is 2.46. The zero-order valence-corrected chi connectivity index (χ0v) is 6.40. The SMILES string of the molecule is CC1CCN(C)CC1(F)F. The van der Waals surface area contributed by atoms with Gasteiger partial charge in [-0.05, 0) is 20.0 Å². The number of rotatable bonds is 0. The molecule has 1 saturated heterocycles. The number of hydrogen-bond acceptors (Lipinski definition) is 1. The molecule has 0 N–H and O–H groups in total. The highest BCUT2D eigenvalue weighted by atomic mass is 19.3. The van der Waals surface area contributed by atoms with E-state index in [4.69, 9.17) is 0 Å². The zero-order chi connectivity index (χ0) is 7.78. The minimum absolute atomic E-state index is 0.0752. The fraction of sp³-hybridized carbons (Fsp3) is 1.00. The number of likely N-dealkylation sites (tertiary alicyclic amines) is 1. The average molecular weight is 149 g/mol. The van der Waals surface area contributed by atoms with Crippen LogP contribution in [0.3, 0.4) is 0 Å². The molecule has 10 heavy (non-hydrogen) atoms. The molecule has 0 aromatic carbocycles. The number of hydrogen-bond donors (Lipinski definition) is 0. The standard InChI is InChI=1S/C7H13F2N/c1-6-3-4-10(2)5-7(6,8)9/h6H,3-5H2,1-2H3. The summed E-state index contributed by atoms with van der Waals surface area (Å²) in [7, 11) is 1.74. The minimum Gasteiger partial charge on any atom is -0.301 e. The van der Waals surface area contributed by atoms with Crippen molar-refractivity contribution in [3.8, 4) is 0 Å². The number of halogens is 2. The Bertz CT molecular complexity index is 125. The van der Waals surface area contributed by atoms with Crippen molar-refractivity contribution < 1.29 is 8.78 Å². The molecule has 0 radical (unpaired) electrons. The highest BCUT2D eigenvalue weighted by molar-refractivity contribution is 4.82. The topological polar surface area (TPSA) is 3.24 Å². The molecule has 0 aromatic heterocycles. The maximum Gasteiger partial charge on any atom is 0.263 e. The summed E-state index contributed by atoms with van der Waals surface area (Å²) in [6.07, 6.45) is 0.615. The van der Waals surface area contributed by atoms with Crippen LogP contribution in [0.15, 0.2) is 0 Å². The van der Waals surface area contributed by atoms with Crippen LogP contribution in [-0.2, 0) is 0 Å². The molecule has 1 aliphatic rings. The maximum atomic E-state index is 12.8. The lowest BCUT2D eigenvalue weighted by Crippen LogP contribution is -2.45. The molecule has 0 aliphatic carbocycles. The molecule has 0 bridgehead atoms. The van der Waals surface area contributed by atoms with E-state index in [0.29, 0.717) is 6.42 Å². The van der Waals surface area contributed by atoms with E-state index in [0.717, 1.165) is 6.54 Å². The fourth-order valence-electron chi connectivity index (χ4n) is 1.22. The van der Waals surface area contributed by atoms with Crippen LogP contribution in [0.1, 0.15) is 13.3 Å². The van der Waals surface area contributed by atoms with Gasteiger partial charge in [-0.2, -0.15) is 0 Å². The van der Waals surface area contributed by atoms with Crippen LogP contribution in [-0.4, -0.2) is 31.0 Å². The fourth-order valence-corrected chi connectivity index (χ4v) is 1.22. The van der Waals surface area contributed by atoms with Gasteiger partial charge in [0.15, 0.2) is 0 Å². The third-order valence-corrected chi connectivity index (χ3v) is 2.15. The van der Waals surface area contributed by atoms with E-state index < -0.39 is 11.8 Å². The molecule has 1 fully saturated rings. The van der Waals surface area contributed by atoms with Crippen molar-refractivity contribution in [2.45, 2.75) is 19.3 Å². The van der Waals surface area contributed by atoms with Gasteiger partial charge in [0, 0.05) is 5.92 Å². The lowest BCUT2D eigenvalue weighted by atomic mass is 9.95. The third-order valence-electron chi connectivity index (χ3n) is 2.15. The Morgan fingerprint density at radius 1 is 1.50 bits per heavy atom. The van der Waals surface area contributed by atoms with E-state index in [9.17, 15) is 8.78 Å². The molecule has 1 rings (SSSR count). The van der Waals surface area contributed by atoms with Crippen molar-refractivity contribution in [3.05, 3.63) is 0 Å². The summed E-state index contributed by atoms with van der Waals surface area (Å²) in [6, 6.07) is 0. The van der Waals surface area contributed by atoms with Crippen LogP contribution in [0.5, 0.6) is 0 Å². The van der Waals surface area contributed by atoms with Crippen LogP contribution in [0.4, 0.5) is 8.78 Å². The van der Waals surface area contributed by atoms with Gasteiger partial charge in [-0.3, -0.25) is 0 Å². The van der Waals surface area contributed by atoms with Crippen molar-refractivity contribution >= 4 is 0 Å². The van der Waals surface area contributed by atoms with Gasteiger partial charge in [-0.1, -0.05) is 6.92 Å². The molecule has 0 aromatic rings. The summed E-state index contributed by atoms with van der Waals surface area (Å²) in [5.41, 5.74) is 0. The Kier molecular flexibility index (Phi) is 1.95. The van der Waals surface area contributed by atoms with Gasteiger partial charge >= 0.3 is 0 Å². The lowest BCUT2D eigenvalue weighted by molar-refractivity contribution is -0.0985. The van der Waals surface area contributed by atoms with Crippen LogP contribution in [0.25, 0.3) is 0 Å². The van der Waals surface area contributed by atoms with Crippen molar-refractivity contribution in [1.29, 1.82) is 0 Å². The van der Waals surface area contributed by atoms with Crippen molar-refractivity contribution in [2.75, 3.05) is 20.1 Å². The van der Waals surface area contributed by atoms with Gasteiger partial charge in [-0.25, -0.2) is 8.78 Å². The summed E-state index contributed by atoms with van der Waals surface area (Å²) >= 11 is 0. The molecule has 1 atom stereocenters. The second-order valence-electron chi connectivity index (χ2n) is 3.19. The van der Waals surface area contributed by atoms with E-state index in [1.165, 1.54) is 0 Å². The van der Waals surface area contributed by atoms with E-state index in [1.54, 1.807) is 18.9 Å². The third kappa shape index (κ3) is 1.45. The van der Waals surface area contributed by atoms with Crippen LogP contribution >= 0.6 is 0 Å². The maximum absolute atomic E-state index is 12.8. The Morgan fingerprint density at radius 3 is 2.50 bits per heavy atom. The average Bonchev–Trinajstić information content (AvgIpc) is 1.78. The smallest absolute Gasteiger partial charge is 0.263 e. The van der Waals surface area contributed by atoms with Crippen LogP contribution in [0.2, 0.25) is 0 Å². The van der Waals surface area contributed by atoms with Gasteiger partial charge in [0.05, 0.1) is 6.54 Å². The molecule has 1 unspecified atom stereocenters. The summed E-state index contributed by atoms with van der Waals surface area (Å²) in [4.78, 5) is 1.68.